The number of allylic oxidation sites excluding steroid dienone is 1. The molecule has 0 aromatic heterocycles. The molecule has 0 radical (unpaired) electrons. The van der Waals surface area contributed by atoms with Crippen molar-refractivity contribution in [2.45, 2.75) is 77.3 Å². The Hall–Kier alpha value is -2.85. The second-order valence-electron chi connectivity index (χ2n) is 9.39. The summed E-state index contributed by atoms with van der Waals surface area (Å²) >= 11 is 0. The van der Waals surface area contributed by atoms with Crippen molar-refractivity contribution < 1.29 is 43.5 Å². The highest BCUT2D eigenvalue weighted by Gasteiger charge is 2.57. The zero-order chi connectivity index (χ0) is 26.9. The predicted molar refractivity (Wildman–Crippen MR) is 130 cm³/mol. The van der Waals surface area contributed by atoms with Gasteiger partial charge in [0.25, 0.3) is 0 Å². The number of hydrogen-bond donors (Lipinski definition) is 2. The quantitative estimate of drug-likeness (QED) is 0.265. The number of carbonyl (C=O) groups excluding carboxylic acids is 3. The molecule has 2 rings (SSSR count). The summed E-state index contributed by atoms with van der Waals surface area (Å²) in [6, 6.07) is 9.52. The second kappa shape index (κ2) is 12.9. The average Bonchev–Trinajstić information content (AvgIpc) is 2.83. The molecule has 0 bridgehead atoms. The monoisotopic (exact) mass is 504 g/mol. The summed E-state index contributed by atoms with van der Waals surface area (Å²) in [4.78, 5) is 35.0. The van der Waals surface area contributed by atoms with Crippen LogP contribution < -0.4 is 0 Å². The van der Waals surface area contributed by atoms with Gasteiger partial charge in [-0.3, -0.25) is 9.59 Å². The van der Waals surface area contributed by atoms with E-state index in [-0.39, 0.29) is 18.4 Å². The molecule has 1 fully saturated rings. The smallest absolute Gasteiger partial charge is 0.330 e. The molecule has 0 aliphatic carbocycles. The Labute approximate surface area is 211 Å². The number of aliphatic hydroxyl groups excluding tert-OH is 1. The predicted octanol–water partition coefficient (Wildman–Crippen LogP) is 2.63. The first-order chi connectivity index (χ1) is 16.9. The van der Waals surface area contributed by atoms with E-state index >= 15 is 0 Å². The third-order valence-corrected chi connectivity index (χ3v) is 6.21. The maximum Gasteiger partial charge on any atom is 0.330 e. The van der Waals surface area contributed by atoms with Gasteiger partial charge in [-0.1, -0.05) is 50.3 Å². The van der Waals surface area contributed by atoms with Gasteiger partial charge in [0.05, 0.1) is 32.0 Å². The lowest BCUT2D eigenvalue weighted by atomic mass is 9.74. The van der Waals surface area contributed by atoms with E-state index in [2.05, 4.69) is 0 Å². The summed E-state index contributed by atoms with van der Waals surface area (Å²) in [5, 5.41) is 22.6. The van der Waals surface area contributed by atoms with Gasteiger partial charge in [-0.2, -0.15) is 0 Å². The summed E-state index contributed by atoms with van der Waals surface area (Å²) in [5.74, 6) is -3.57. The van der Waals surface area contributed by atoms with Gasteiger partial charge in [0.15, 0.2) is 6.10 Å². The van der Waals surface area contributed by atoms with Crippen molar-refractivity contribution in [3.8, 4) is 0 Å². The van der Waals surface area contributed by atoms with Gasteiger partial charge < -0.3 is 29.2 Å². The minimum atomic E-state index is -2.17. The van der Waals surface area contributed by atoms with Crippen molar-refractivity contribution in [3.05, 3.63) is 59.7 Å². The Bertz CT molecular complexity index is 953. The second-order valence-corrected chi connectivity index (χ2v) is 9.39. The van der Waals surface area contributed by atoms with E-state index in [0.29, 0.717) is 12.9 Å². The van der Waals surface area contributed by atoms with Crippen LogP contribution in [0.1, 0.15) is 46.1 Å². The molecule has 198 valence electrons. The van der Waals surface area contributed by atoms with Gasteiger partial charge in [-0.25, -0.2) is 4.79 Å². The van der Waals surface area contributed by atoms with Crippen LogP contribution in [0.3, 0.4) is 0 Å². The van der Waals surface area contributed by atoms with Gasteiger partial charge in [-0.05, 0) is 30.6 Å². The van der Waals surface area contributed by atoms with Crippen LogP contribution in [-0.4, -0.2) is 65.8 Å². The summed E-state index contributed by atoms with van der Waals surface area (Å²) in [6.45, 7) is 6.41. The van der Waals surface area contributed by atoms with Crippen LogP contribution >= 0.6 is 0 Å². The van der Waals surface area contributed by atoms with Gasteiger partial charge in [0.2, 0.25) is 5.79 Å². The number of ether oxygens (including phenoxy) is 4. The van der Waals surface area contributed by atoms with Crippen LogP contribution in [-0.2, 0) is 39.9 Å². The number of esters is 2. The highest BCUT2D eigenvalue weighted by Crippen LogP contribution is 2.46. The van der Waals surface area contributed by atoms with E-state index in [4.69, 9.17) is 18.9 Å². The normalized spacial score (nSPS) is 25.4. The molecule has 1 saturated heterocycles. The van der Waals surface area contributed by atoms with E-state index in [1.807, 2.05) is 30.3 Å². The van der Waals surface area contributed by atoms with E-state index < -0.39 is 47.6 Å². The van der Waals surface area contributed by atoms with Crippen LogP contribution in [0.2, 0.25) is 0 Å². The highest BCUT2D eigenvalue weighted by molar-refractivity contribution is 5.83. The first kappa shape index (κ1) is 29.4. The van der Waals surface area contributed by atoms with Gasteiger partial charge >= 0.3 is 11.9 Å². The summed E-state index contributed by atoms with van der Waals surface area (Å²) in [7, 11) is 1.20. The van der Waals surface area contributed by atoms with Crippen LogP contribution in [0.5, 0.6) is 0 Å². The third-order valence-electron chi connectivity index (χ3n) is 6.21. The topological polar surface area (TPSA) is 129 Å². The minimum absolute atomic E-state index is 0.0526. The lowest BCUT2D eigenvalue weighted by Gasteiger charge is -2.50. The Balaban J connectivity index is 2.33. The SMILES string of the molecule is COC(=O)/C=C1\C[C@@H](C[C@@H](O)[C@@H](C)OCc2ccccc2)O[C@@](O)(C(C)(C)/C=C/C=O)[C@H]1OC(C)=O. The molecular weight excluding hydrogens is 468 g/mol. The van der Waals surface area contributed by atoms with Crippen molar-refractivity contribution >= 4 is 18.2 Å². The molecule has 1 aliphatic heterocycles. The van der Waals surface area contributed by atoms with Gasteiger partial charge in [-0.15, -0.1) is 0 Å². The molecule has 0 spiro atoms. The maximum absolute atomic E-state index is 12.1. The van der Waals surface area contributed by atoms with E-state index in [0.717, 1.165) is 11.6 Å². The van der Waals surface area contributed by atoms with Crippen LogP contribution in [0, 0.1) is 5.41 Å². The van der Waals surface area contributed by atoms with Crippen molar-refractivity contribution in [3.63, 3.8) is 0 Å². The zero-order valence-corrected chi connectivity index (χ0v) is 21.4. The summed E-state index contributed by atoms with van der Waals surface area (Å²) < 4.78 is 22.1. The molecular formula is C27H36O9. The van der Waals surface area contributed by atoms with Crippen LogP contribution in [0.4, 0.5) is 0 Å². The first-order valence-electron chi connectivity index (χ1n) is 11.8. The maximum atomic E-state index is 12.1. The molecule has 1 aromatic rings. The highest BCUT2D eigenvalue weighted by atomic mass is 16.7. The molecule has 36 heavy (non-hydrogen) atoms. The zero-order valence-electron chi connectivity index (χ0n) is 21.4. The molecule has 5 atom stereocenters. The number of benzene rings is 1. The number of methoxy groups -OCH3 is 1. The molecule has 1 heterocycles. The van der Waals surface area contributed by atoms with Crippen molar-refractivity contribution in [1.29, 1.82) is 0 Å². The molecule has 9 heteroatoms. The van der Waals surface area contributed by atoms with Crippen LogP contribution in [0.15, 0.2) is 54.1 Å². The van der Waals surface area contributed by atoms with E-state index in [1.54, 1.807) is 20.8 Å². The number of aliphatic hydroxyl groups is 2. The Morgan fingerprint density at radius 3 is 2.53 bits per heavy atom. The molecule has 1 aliphatic rings. The number of hydrogen-bond acceptors (Lipinski definition) is 9. The first-order valence-corrected chi connectivity index (χ1v) is 11.8. The molecule has 2 N–H and O–H groups in total. The standard InChI is InChI=1S/C27H36O9/c1-18(34-17-20-10-7-6-8-11-20)23(30)16-22-14-21(15-24(31)33-5)25(35-19(2)29)27(32,36-22)26(3,4)12-9-13-28/h6-13,15,18,22-23,25,30,32H,14,16-17H2,1-5H3/b12-9+,21-15+/t18-,22+,23-,25+,27-/m1/s1. The lowest BCUT2D eigenvalue weighted by Crippen LogP contribution is -2.62. The number of rotatable bonds is 11. The lowest BCUT2D eigenvalue weighted by molar-refractivity contribution is -0.327. The molecule has 0 amide bonds. The van der Waals surface area contributed by atoms with Gasteiger partial charge in [0.1, 0.15) is 6.29 Å². The van der Waals surface area contributed by atoms with Crippen molar-refractivity contribution in [1.82, 2.24) is 0 Å². The fourth-order valence-corrected chi connectivity index (χ4v) is 4.04. The summed E-state index contributed by atoms with van der Waals surface area (Å²) in [5.41, 5.74) is -0.0352. The van der Waals surface area contributed by atoms with E-state index in [9.17, 15) is 24.6 Å². The summed E-state index contributed by atoms with van der Waals surface area (Å²) in [6.07, 6.45) is 0.778. The minimum Gasteiger partial charge on any atom is -0.466 e. The van der Waals surface area contributed by atoms with Crippen molar-refractivity contribution in [2.75, 3.05) is 7.11 Å². The Morgan fingerprint density at radius 2 is 1.94 bits per heavy atom. The van der Waals surface area contributed by atoms with E-state index in [1.165, 1.54) is 26.2 Å². The van der Waals surface area contributed by atoms with Crippen molar-refractivity contribution in [2.24, 2.45) is 5.41 Å². The molecule has 9 nitrogen and oxygen atoms in total. The van der Waals surface area contributed by atoms with Crippen LogP contribution in [0.25, 0.3) is 0 Å². The fourth-order valence-electron chi connectivity index (χ4n) is 4.04. The molecule has 0 unspecified atom stereocenters. The number of aldehydes is 1. The fraction of sp³-hybridized carbons (Fsp3) is 0.519. The Morgan fingerprint density at radius 1 is 1.28 bits per heavy atom. The number of carbonyl (C=O) groups is 3. The Kier molecular flexibility index (Phi) is 10.5. The molecule has 1 aromatic carbocycles. The van der Waals surface area contributed by atoms with Gasteiger partial charge in [0, 0.05) is 24.8 Å². The molecule has 0 saturated carbocycles. The largest absolute Gasteiger partial charge is 0.466 e. The average molecular weight is 505 g/mol. The third kappa shape index (κ3) is 7.57.